The summed E-state index contributed by atoms with van der Waals surface area (Å²) in [6.07, 6.45) is 3.47. The molecule has 0 N–H and O–H groups in total. The van der Waals surface area contributed by atoms with Crippen LogP contribution in [0.25, 0.3) is 0 Å². The highest BCUT2D eigenvalue weighted by molar-refractivity contribution is 5.35. The zero-order valence-corrected chi connectivity index (χ0v) is 12.4. The van der Waals surface area contributed by atoms with Crippen LogP contribution in [0.5, 0.6) is 5.75 Å². The topological polar surface area (TPSA) is 35.0 Å². The SMILES string of the molecule is CC.Cc1ccc(OCc2cncc(C)n2)c(C)c1. The van der Waals surface area contributed by atoms with Gasteiger partial charge in [-0.3, -0.25) is 9.97 Å². The highest BCUT2D eigenvalue weighted by Crippen LogP contribution is 2.19. The van der Waals surface area contributed by atoms with Gasteiger partial charge in [0, 0.05) is 6.20 Å². The van der Waals surface area contributed by atoms with Crippen molar-refractivity contribution in [2.45, 2.75) is 41.2 Å². The number of benzene rings is 1. The smallest absolute Gasteiger partial charge is 0.132 e. The van der Waals surface area contributed by atoms with E-state index in [1.807, 2.05) is 39.8 Å². The van der Waals surface area contributed by atoms with E-state index in [2.05, 4.69) is 23.0 Å². The molecule has 3 heteroatoms. The van der Waals surface area contributed by atoms with Crippen LogP contribution in [0.1, 0.15) is 36.4 Å². The van der Waals surface area contributed by atoms with Gasteiger partial charge in [0.25, 0.3) is 0 Å². The predicted octanol–water partition coefficient (Wildman–Crippen LogP) is 4.01. The maximum absolute atomic E-state index is 5.73. The maximum Gasteiger partial charge on any atom is 0.132 e. The number of hydrogen-bond acceptors (Lipinski definition) is 3. The number of aryl methyl sites for hydroxylation is 3. The molecule has 0 aliphatic carbocycles. The molecule has 3 nitrogen and oxygen atoms in total. The predicted molar refractivity (Wildman–Crippen MR) is 78.4 cm³/mol. The van der Waals surface area contributed by atoms with Crippen molar-refractivity contribution in [2.24, 2.45) is 0 Å². The lowest BCUT2D eigenvalue weighted by molar-refractivity contribution is 0.298. The maximum atomic E-state index is 5.73. The minimum absolute atomic E-state index is 0.457. The zero-order valence-electron chi connectivity index (χ0n) is 12.4. The van der Waals surface area contributed by atoms with Crippen molar-refractivity contribution in [3.63, 3.8) is 0 Å². The lowest BCUT2D eigenvalue weighted by Crippen LogP contribution is -2.01. The lowest BCUT2D eigenvalue weighted by atomic mass is 10.1. The number of ether oxygens (including phenoxy) is 1. The first-order valence-electron chi connectivity index (χ1n) is 6.63. The van der Waals surface area contributed by atoms with Gasteiger partial charge in [0.05, 0.1) is 17.6 Å². The van der Waals surface area contributed by atoms with Crippen molar-refractivity contribution in [2.75, 3.05) is 0 Å². The van der Waals surface area contributed by atoms with Gasteiger partial charge in [-0.1, -0.05) is 31.5 Å². The molecule has 1 aromatic heterocycles. The summed E-state index contributed by atoms with van der Waals surface area (Å²) in [7, 11) is 0. The highest BCUT2D eigenvalue weighted by atomic mass is 16.5. The average molecular weight is 258 g/mol. The summed E-state index contributed by atoms with van der Waals surface area (Å²) in [4.78, 5) is 8.44. The van der Waals surface area contributed by atoms with Gasteiger partial charge < -0.3 is 4.74 Å². The molecule has 0 amide bonds. The van der Waals surface area contributed by atoms with Gasteiger partial charge in [-0.25, -0.2) is 0 Å². The van der Waals surface area contributed by atoms with Gasteiger partial charge in [-0.05, 0) is 32.4 Å². The molecular formula is C16H22N2O. The van der Waals surface area contributed by atoms with E-state index in [0.717, 1.165) is 22.7 Å². The third kappa shape index (κ3) is 4.70. The minimum atomic E-state index is 0.457. The first-order valence-corrected chi connectivity index (χ1v) is 6.63. The van der Waals surface area contributed by atoms with Crippen LogP contribution in [0.3, 0.4) is 0 Å². The Morgan fingerprint density at radius 2 is 1.79 bits per heavy atom. The second kappa shape index (κ2) is 7.52. The Hall–Kier alpha value is -1.90. The third-order valence-corrected chi connectivity index (χ3v) is 2.51. The molecule has 2 rings (SSSR count). The first-order chi connectivity index (χ1) is 9.15. The van der Waals surface area contributed by atoms with E-state index in [1.54, 1.807) is 12.4 Å². The van der Waals surface area contributed by atoms with Crippen LogP contribution >= 0.6 is 0 Å². The summed E-state index contributed by atoms with van der Waals surface area (Å²) in [6, 6.07) is 6.15. The Balaban J connectivity index is 0.000000861. The second-order valence-corrected chi connectivity index (χ2v) is 4.21. The van der Waals surface area contributed by atoms with Crippen LogP contribution in [0.15, 0.2) is 30.6 Å². The van der Waals surface area contributed by atoms with Gasteiger partial charge in [-0.15, -0.1) is 0 Å². The minimum Gasteiger partial charge on any atom is -0.487 e. The third-order valence-electron chi connectivity index (χ3n) is 2.51. The number of nitrogens with zero attached hydrogens (tertiary/aromatic N) is 2. The first kappa shape index (κ1) is 15.2. The fourth-order valence-electron chi connectivity index (χ4n) is 1.70. The van der Waals surface area contributed by atoms with Crippen LogP contribution in [0, 0.1) is 20.8 Å². The van der Waals surface area contributed by atoms with Crippen molar-refractivity contribution in [1.29, 1.82) is 0 Å². The summed E-state index contributed by atoms with van der Waals surface area (Å²) < 4.78 is 5.73. The van der Waals surface area contributed by atoms with Crippen LogP contribution in [0.2, 0.25) is 0 Å². The molecule has 19 heavy (non-hydrogen) atoms. The molecule has 0 aliphatic rings. The van der Waals surface area contributed by atoms with Crippen molar-refractivity contribution in [1.82, 2.24) is 9.97 Å². The molecule has 0 bridgehead atoms. The molecule has 0 aliphatic heterocycles. The van der Waals surface area contributed by atoms with Crippen molar-refractivity contribution >= 4 is 0 Å². The van der Waals surface area contributed by atoms with Crippen molar-refractivity contribution in [3.05, 3.63) is 53.1 Å². The lowest BCUT2D eigenvalue weighted by Gasteiger charge is -2.09. The van der Waals surface area contributed by atoms with E-state index in [4.69, 9.17) is 4.74 Å². The Morgan fingerprint density at radius 1 is 1.05 bits per heavy atom. The molecule has 0 spiro atoms. The van der Waals surface area contributed by atoms with Gasteiger partial charge in [0.2, 0.25) is 0 Å². The summed E-state index contributed by atoms with van der Waals surface area (Å²) in [5, 5.41) is 0. The molecule has 102 valence electrons. The fourth-order valence-corrected chi connectivity index (χ4v) is 1.70. The normalized spacial score (nSPS) is 9.53. The molecule has 0 atom stereocenters. The summed E-state index contributed by atoms with van der Waals surface area (Å²) >= 11 is 0. The van der Waals surface area contributed by atoms with E-state index in [-0.39, 0.29) is 0 Å². The van der Waals surface area contributed by atoms with E-state index < -0.39 is 0 Å². The summed E-state index contributed by atoms with van der Waals surface area (Å²) in [5.41, 5.74) is 4.15. The summed E-state index contributed by atoms with van der Waals surface area (Å²) in [6.45, 7) is 10.5. The molecule has 0 unspecified atom stereocenters. The monoisotopic (exact) mass is 258 g/mol. The van der Waals surface area contributed by atoms with Crippen LogP contribution < -0.4 is 4.74 Å². The quantitative estimate of drug-likeness (QED) is 0.834. The Morgan fingerprint density at radius 3 is 2.42 bits per heavy atom. The van der Waals surface area contributed by atoms with Gasteiger partial charge in [-0.2, -0.15) is 0 Å². The fraction of sp³-hybridized carbons (Fsp3) is 0.375. The average Bonchev–Trinajstić information content (AvgIpc) is 2.40. The Labute approximate surface area is 115 Å². The Kier molecular flexibility index (Phi) is 6.00. The molecule has 1 aromatic carbocycles. The van der Waals surface area contributed by atoms with Crippen molar-refractivity contribution < 1.29 is 4.74 Å². The second-order valence-electron chi connectivity index (χ2n) is 4.21. The standard InChI is InChI=1S/C14H16N2O.C2H6/c1-10-4-5-14(11(2)6-10)17-9-13-8-15-7-12(3)16-13;1-2/h4-8H,9H2,1-3H3;1-2H3. The van der Waals surface area contributed by atoms with E-state index in [0.29, 0.717) is 6.61 Å². The van der Waals surface area contributed by atoms with Gasteiger partial charge in [0.15, 0.2) is 0 Å². The largest absolute Gasteiger partial charge is 0.487 e. The molecular weight excluding hydrogens is 236 g/mol. The van der Waals surface area contributed by atoms with Crippen LogP contribution in [-0.4, -0.2) is 9.97 Å². The van der Waals surface area contributed by atoms with Crippen LogP contribution in [-0.2, 0) is 6.61 Å². The van der Waals surface area contributed by atoms with E-state index >= 15 is 0 Å². The molecule has 2 aromatic rings. The number of hydrogen-bond donors (Lipinski definition) is 0. The Bertz CT molecular complexity index is 524. The number of aromatic nitrogens is 2. The zero-order chi connectivity index (χ0) is 14.3. The molecule has 0 saturated carbocycles. The van der Waals surface area contributed by atoms with Gasteiger partial charge >= 0.3 is 0 Å². The molecule has 0 saturated heterocycles. The van der Waals surface area contributed by atoms with Crippen LogP contribution in [0.4, 0.5) is 0 Å². The highest BCUT2D eigenvalue weighted by Gasteiger charge is 2.01. The molecule has 0 radical (unpaired) electrons. The summed E-state index contributed by atoms with van der Waals surface area (Å²) in [5.74, 6) is 0.902. The van der Waals surface area contributed by atoms with E-state index in [1.165, 1.54) is 5.56 Å². The van der Waals surface area contributed by atoms with Gasteiger partial charge in [0.1, 0.15) is 12.4 Å². The molecule has 1 heterocycles. The number of rotatable bonds is 3. The van der Waals surface area contributed by atoms with Crippen molar-refractivity contribution in [3.8, 4) is 5.75 Å². The van der Waals surface area contributed by atoms with E-state index in [9.17, 15) is 0 Å². The molecule has 0 fully saturated rings.